The van der Waals surface area contributed by atoms with Crippen LogP contribution in [-0.4, -0.2) is 44.4 Å². The summed E-state index contributed by atoms with van der Waals surface area (Å²) in [4.78, 5) is 24.3. The molecule has 0 atom stereocenters. The first-order chi connectivity index (χ1) is 14.3. The zero-order valence-corrected chi connectivity index (χ0v) is 18.0. The Morgan fingerprint density at radius 1 is 0.967 bits per heavy atom. The summed E-state index contributed by atoms with van der Waals surface area (Å²) in [7, 11) is -2.93. The number of urea groups is 1. The third kappa shape index (κ3) is 5.14. The first kappa shape index (κ1) is 21.2. The summed E-state index contributed by atoms with van der Waals surface area (Å²) in [6.45, 7) is 1.21. The molecule has 164 valence electrons. The van der Waals surface area contributed by atoms with Crippen LogP contribution in [0.25, 0.3) is 0 Å². The van der Waals surface area contributed by atoms with Gasteiger partial charge in [0, 0.05) is 25.0 Å². The molecule has 1 heterocycles. The minimum atomic E-state index is -2.93. The van der Waals surface area contributed by atoms with Crippen molar-refractivity contribution >= 4 is 21.8 Å². The Kier molecular flexibility index (Phi) is 6.04. The van der Waals surface area contributed by atoms with Crippen LogP contribution in [0.4, 0.5) is 4.79 Å². The number of benzene rings is 1. The molecule has 1 aromatic carbocycles. The van der Waals surface area contributed by atoms with E-state index in [1.165, 1.54) is 0 Å². The summed E-state index contributed by atoms with van der Waals surface area (Å²) >= 11 is 0. The van der Waals surface area contributed by atoms with Crippen LogP contribution >= 0.6 is 0 Å². The second kappa shape index (κ2) is 8.57. The fourth-order valence-corrected chi connectivity index (χ4v) is 6.78. The second-order valence-corrected chi connectivity index (χ2v) is 11.7. The number of rotatable bonds is 6. The summed E-state index contributed by atoms with van der Waals surface area (Å²) < 4.78 is 23.0. The lowest BCUT2D eigenvalue weighted by Gasteiger charge is -2.58. The van der Waals surface area contributed by atoms with E-state index in [0.29, 0.717) is 37.3 Å². The molecule has 0 unspecified atom stereocenters. The van der Waals surface area contributed by atoms with Gasteiger partial charge in [0.05, 0.1) is 11.5 Å². The van der Waals surface area contributed by atoms with E-state index in [1.807, 2.05) is 30.3 Å². The molecule has 1 aromatic rings. The van der Waals surface area contributed by atoms with Gasteiger partial charge in [-0.15, -0.1) is 0 Å². The first-order valence-corrected chi connectivity index (χ1v) is 12.7. The van der Waals surface area contributed by atoms with Crippen molar-refractivity contribution < 1.29 is 18.0 Å². The highest BCUT2D eigenvalue weighted by Crippen LogP contribution is 2.58. The lowest BCUT2D eigenvalue weighted by atomic mass is 9.50. The number of hydrogen-bond donors (Lipinski definition) is 3. The van der Waals surface area contributed by atoms with E-state index in [1.54, 1.807) is 0 Å². The Hall–Kier alpha value is -2.09. The Labute approximate surface area is 178 Å². The average molecular weight is 434 g/mol. The van der Waals surface area contributed by atoms with Crippen LogP contribution in [-0.2, 0) is 21.2 Å². The van der Waals surface area contributed by atoms with Gasteiger partial charge in [-0.2, -0.15) is 0 Å². The summed E-state index contributed by atoms with van der Waals surface area (Å²) in [5.74, 6) is 0.605. The SMILES string of the molecule is O=C(NCc1ccccc1)NC1CC2(CC(CNC(=O)C3CCS(=O)(=O)CC3)C2)C1. The Morgan fingerprint density at radius 3 is 2.30 bits per heavy atom. The smallest absolute Gasteiger partial charge is 0.315 e. The summed E-state index contributed by atoms with van der Waals surface area (Å²) in [5, 5.41) is 8.99. The van der Waals surface area contributed by atoms with Gasteiger partial charge >= 0.3 is 6.03 Å². The van der Waals surface area contributed by atoms with E-state index in [9.17, 15) is 18.0 Å². The predicted molar refractivity (Wildman–Crippen MR) is 114 cm³/mol. The van der Waals surface area contributed by atoms with Crippen LogP contribution in [0.3, 0.4) is 0 Å². The highest BCUT2D eigenvalue weighted by Gasteiger charge is 2.53. The third-order valence-electron chi connectivity index (χ3n) is 6.92. The van der Waals surface area contributed by atoms with Crippen LogP contribution in [0.15, 0.2) is 30.3 Å². The summed E-state index contributed by atoms with van der Waals surface area (Å²) in [6.07, 6.45) is 5.10. The van der Waals surface area contributed by atoms with Gasteiger partial charge in [-0.25, -0.2) is 13.2 Å². The molecule has 0 bridgehead atoms. The van der Waals surface area contributed by atoms with Crippen LogP contribution in [0.2, 0.25) is 0 Å². The van der Waals surface area contributed by atoms with Crippen molar-refractivity contribution in [1.29, 1.82) is 0 Å². The molecule has 3 fully saturated rings. The predicted octanol–water partition coefficient (Wildman–Crippen LogP) is 1.99. The van der Waals surface area contributed by atoms with Crippen molar-refractivity contribution in [2.75, 3.05) is 18.1 Å². The Bertz CT molecular complexity index is 859. The van der Waals surface area contributed by atoms with E-state index in [4.69, 9.17) is 0 Å². The van der Waals surface area contributed by atoms with Crippen LogP contribution < -0.4 is 16.0 Å². The van der Waals surface area contributed by atoms with Gasteiger partial charge in [-0.1, -0.05) is 30.3 Å². The van der Waals surface area contributed by atoms with Crippen LogP contribution in [0.1, 0.15) is 44.1 Å². The lowest BCUT2D eigenvalue weighted by Crippen LogP contribution is -2.58. The molecule has 4 rings (SSSR count). The lowest BCUT2D eigenvalue weighted by molar-refractivity contribution is -0.126. The normalized spacial score (nSPS) is 30.0. The molecular formula is C22H31N3O4S. The van der Waals surface area contributed by atoms with Gasteiger partial charge in [-0.3, -0.25) is 4.79 Å². The van der Waals surface area contributed by atoms with Crippen molar-refractivity contribution in [1.82, 2.24) is 16.0 Å². The van der Waals surface area contributed by atoms with Crippen LogP contribution in [0.5, 0.6) is 0 Å². The number of nitrogens with one attached hydrogen (secondary N) is 3. The standard InChI is InChI=1S/C22H31N3O4S/c26-20(18-6-8-30(28,29)9-7-18)23-15-17-10-22(11-17)12-19(13-22)25-21(27)24-14-16-4-2-1-3-5-16/h1-5,17-19H,6-15H2,(H,23,26)(H2,24,25,27). The van der Waals surface area contributed by atoms with E-state index < -0.39 is 9.84 Å². The zero-order valence-electron chi connectivity index (χ0n) is 17.2. The molecule has 3 aliphatic rings. The van der Waals surface area contributed by atoms with E-state index in [-0.39, 0.29) is 35.4 Å². The highest BCUT2D eigenvalue weighted by molar-refractivity contribution is 7.91. The highest BCUT2D eigenvalue weighted by atomic mass is 32.2. The van der Waals surface area contributed by atoms with Gasteiger partial charge in [0.2, 0.25) is 5.91 Å². The number of carbonyl (C=O) groups is 2. The molecule has 30 heavy (non-hydrogen) atoms. The largest absolute Gasteiger partial charge is 0.356 e. The molecule has 1 saturated heterocycles. The van der Waals surface area contributed by atoms with Crippen LogP contribution in [0, 0.1) is 17.3 Å². The molecule has 7 nitrogen and oxygen atoms in total. The van der Waals surface area contributed by atoms with Crippen molar-refractivity contribution in [3.8, 4) is 0 Å². The first-order valence-electron chi connectivity index (χ1n) is 10.9. The minimum Gasteiger partial charge on any atom is -0.356 e. The molecule has 0 radical (unpaired) electrons. The topological polar surface area (TPSA) is 104 Å². The van der Waals surface area contributed by atoms with Crippen molar-refractivity contribution in [2.24, 2.45) is 17.3 Å². The molecule has 1 spiro atoms. The molecular weight excluding hydrogens is 402 g/mol. The molecule has 2 aliphatic carbocycles. The maximum atomic E-state index is 12.3. The fourth-order valence-electron chi connectivity index (χ4n) is 5.29. The number of hydrogen-bond acceptors (Lipinski definition) is 4. The number of carbonyl (C=O) groups excluding carboxylic acids is 2. The third-order valence-corrected chi connectivity index (χ3v) is 8.64. The van der Waals surface area contributed by atoms with E-state index in [2.05, 4.69) is 16.0 Å². The Balaban J connectivity index is 1.08. The monoisotopic (exact) mass is 433 g/mol. The molecule has 3 amide bonds. The van der Waals surface area contributed by atoms with Crippen molar-refractivity contribution in [3.63, 3.8) is 0 Å². The molecule has 1 aliphatic heterocycles. The van der Waals surface area contributed by atoms with Gasteiger partial charge in [0.15, 0.2) is 0 Å². The van der Waals surface area contributed by atoms with Gasteiger partial charge in [0.1, 0.15) is 9.84 Å². The zero-order chi connectivity index (χ0) is 21.2. The number of sulfone groups is 1. The van der Waals surface area contributed by atoms with E-state index in [0.717, 1.165) is 31.2 Å². The Morgan fingerprint density at radius 2 is 1.63 bits per heavy atom. The van der Waals surface area contributed by atoms with Gasteiger partial charge < -0.3 is 16.0 Å². The maximum Gasteiger partial charge on any atom is 0.315 e. The van der Waals surface area contributed by atoms with Crippen molar-refractivity contribution in [3.05, 3.63) is 35.9 Å². The molecule has 8 heteroatoms. The van der Waals surface area contributed by atoms with Gasteiger partial charge in [-0.05, 0) is 55.4 Å². The second-order valence-electron chi connectivity index (χ2n) is 9.36. The summed E-state index contributed by atoms with van der Waals surface area (Å²) in [6, 6.07) is 9.97. The minimum absolute atomic E-state index is 0.00842. The quantitative estimate of drug-likeness (QED) is 0.638. The summed E-state index contributed by atoms with van der Waals surface area (Å²) in [5.41, 5.74) is 1.42. The molecule has 2 saturated carbocycles. The molecule has 0 aromatic heterocycles. The fraction of sp³-hybridized carbons (Fsp3) is 0.636. The number of amides is 3. The average Bonchev–Trinajstić information content (AvgIpc) is 2.67. The van der Waals surface area contributed by atoms with E-state index >= 15 is 0 Å². The van der Waals surface area contributed by atoms with Gasteiger partial charge in [0.25, 0.3) is 0 Å². The molecule has 3 N–H and O–H groups in total. The maximum absolute atomic E-state index is 12.3. The van der Waals surface area contributed by atoms with Crippen molar-refractivity contribution in [2.45, 2.75) is 51.1 Å².